The zero-order valence-corrected chi connectivity index (χ0v) is 12.8. The number of amides is 2. The van der Waals surface area contributed by atoms with Gasteiger partial charge in [-0.1, -0.05) is 27.7 Å². The summed E-state index contributed by atoms with van der Waals surface area (Å²) in [5.74, 6) is -0.323. The van der Waals surface area contributed by atoms with Crippen LogP contribution < -0.4 is 5.32 Å². The minimum atomic E-state index is -0.770. The van der Waals surface area contributed by atoms with Crippen molar-refractivity contribution in [3.05, 3.63) is 0 Å². The monoisotopic (exact) mass is 272 g/mol. The van der Waals surface area contributed by atoms with Gasteiger partial charge in [0, 0.05) is 26.6 Å². The summed E-state index contributed by atoms with van der Waals surface area (Å²) in [6.07, 6.45) is 1.58. The van der Waals surface area contributed by atoms with Crippen LogP contribution in [0, 0.1) is 11.3 Å². The minimum absolute atomic E-state index is 0.0669. The first-order valence-corrected chi connectivity index (χ1v) is 6.85. The zero-order valence-electron chi connectivity index (χ0n) is 12.8. The van der Waals surface area contributed by atoms with Gasteiger partial charge < -0.3 is 15.3 Å². The van der Waals surface area contributed by atoms with Gasteiger partial charge in [-0.05, 0) is 24.2 Å². The Labute approximate surface area is 116 Å². The molecule has 5 heteroatoms. The molecule has 5 nitrogen and oxygen atoms in total. The van der Waals surface area contributed by atoms with E-state index in [1.807, 2.05) is 13.8 Å². The second kappa shape index (κ2) is 8.02. The fourth-order valence-corrected chi connectivity index (χ4v) is 1.84. The summed E-state index contributed by atoms with van der Waals surface area (Å²) in [4.78, 5) is 24.0. The number of carbonyl (C=O) groups excluding carboxylic acids is 1. The number of nitrogens with one attached hydrogen (secondary N) is 1. The van der Waals surface area contributed by atoms with Crippen molar-refractivity contribution in [3.63, 3.8) is 0 Å². The number of rotatable bonds is 8. The predicted molar refractivity (Wildman–Crippen MR) is 76.1 cm³/mol. The van der Waals surface area contributed by atoms with E-state index in [1.165, 1.54) is 0 Å². The van der Waals surface area contributed by atoms with Gasteiger partial charge in [-0.15, -0.1) is 0 Å². The van der Waals surface area contributed by atoms with Gasteiger partial charge in [0.1, 0.15) is 0 Å². The maximum Gasteiger partial charge on any atom is 0.317 e. The molecule has 0 aliphatic heterocycles. The summed E-state index contributed by atoms with van der Waals surface area (Å²) in [5.41, 5.74) is -0.0672. The molecule has 0 saturated carbocycles. The molecule has 0 saturated heterocycles. The summed E-state index contributed by atoms with van der Waals surface area (Å²) < 4.78 is 0. The van der Waals surface area contributed by atoms with E-state index in [2.05, 4.69) is 19.2 Å². The lowest BCUT2D eigenvalue weighted by atomic mass is 9.84. The topological polar surface area (TPSA) is 69.6 Å². The maximum absolute atomic E-state index is 11.8. The molecular formula is C14H28N2O3. The standard InChI is InChI=1S/C14H28N2O3/c1-11(2)10-16(5)13(19)15-9-8-14(3,4)7-6-12(17)18/h11H,6-10H2,1-5H3,(H,15,19)(H,17,18). The number of carboxylic acids is 1. The van der Waals surface area contributed by atoms with Crippen molar-refractivity contribution >= 4 is 12.0 Å². The van der Waals surface area contributed by atoms with Crippen molar-refractivity contribution in [2.75, 3.05) is 20.1 Å². The number of carboxylic acid groups (broad SMARTS) is 1. The Morgan fingerprint density at radius 3 is 2.32 bits per heavy atom. The smallest absolute Gasteiger partial charge is 0.317 e. The predicted octanol–water partition coefficient (Wildman–Crippen LogP) is 2.56. The molecule has 2 amide bonds. The van der Waals surface area contributed by atoms with Crippen LogP contribution in [0.15, 0.2) is 0 Å². The molecule has 19 heavy (non-hydrogen) atoms. The molecule has 0 aromatic carbocycles. The SMILES string of the molecule is CC(C)CN(C)C(=O)NCCC(C)(C)CCC(=O)O. The highest BCUT2D eigenvalue weighted by Gasteiger charge is 2.19. The third-order valence-corrected chi connectivity index (χ3v) is 3.08. The number of carbonyl (C=O) groups is 2. The third-order valence-electron chi connectivity index (χ3n) is 3.08. The summed E-state index contributed by atoms with van der Waals surface area (Å²) in [7, 11) is 1.78. The lowest BCUT2D eigenvalue weighted by molar-refractivity contribution is -0.137. The fraction of sp³-hybridized carbons (Fsp3) is 0.857. The molecule has 0 aliphatic carbocycles. The van der Waals surface area contributed by atoms with Crippen LogP contribution in [-0.2, 0) is 4.79 Å². The third kappa shape index (κ3) is 9.33. The number of hydrogen-bond acceptors (Lipinski definition) is 2. The molecule has 0 fully saturated rings. The van der Waals surface area contributed by atoms with Gasteiger partial charge >= 0.3 is 12.0 Å². The first kappa shape index (κ1) is 17.7. The molecule has 2 N–H and O–H groups in total. The molecule has 0 atom stereocenters. The lowest BCUT2D eigenvalue weighted by Gasteiger charge is -2.25. The maximum atomic E-state index is 11.8. The quantitative estimate of drug-likeness (QED) is 0.713. The highest BCUT2D eigenvalue weighted by atomic mass is 16.4. The zero-order chi connectivity index (χ0) is 15.1. The second-order valence-corrected chi connectivity index (χ2v) is 6.31. The van der Waals surface area contributed by atoms with E-state index in [-0.39, 0.29) is 17.9 Å². The van der Waals surface area contributed by atoms with Crippen molar-refractivity contribution in [1.82, 2.24) is 10.2 Å². The Kier molecular flexibility index (Phi) is 7.49. The van der Waals surface area contributed by atoms with Crippen LogP contribution in [0.4, 0.5) is 4.79 Å². The van der Waals surface area contributed by atoms with Gasteiger partial charge in [0.2, 0.25) is 0 Å². The number of urea groups is 1. The summed E-state index contributed by atoms with van der Waals surface area (Å²) in [5, 5.41) is 11.5. The van der Waals surface area contributed by atoms with E-state index in [9.17, 15) is 9.59 Å². The molecule has 0 aliphatic rings. The molecule has 0 aromatic rings. The second-order valence-electron chi connectivity index (χ2n) is 6.31. The minimum Gasteiger partial charge on any atom is -0.481 e. The van der Waals surface area contributed by atoms with Gasteiger partial charge in [0.05, 0.1) is 0 Å². The molecule has 0 aromatic heterocycles. The van der Waals surface area contributed by atoms with E-state index < -0.39 is 5.97 Å². The van der Waals surface area contributed by atoms with Crippen molar-refractivity contribution in [1.29, 1.82) is 0 Å². The van der Waals surface area contributed by atoms with Crippen LogP contribution in [-0.4, -0.2) is 42.1 Å². The van der Waals surface area contributed by atoms with Crippen molar-refractivity contribution < 1.29 is 14.7 Å². The molecule has 0 spiro atoms. The number of hydrogen-bond donors (Lipinski definition) is 2. The highest BCUT2D eigenvalue weighted by Crippen LogP contribution is 2.25. The van der Waals surface area contributed by atoms with Crippen LogP contribution in [0.25, 0.3) is 0 Å². The van der Waals surface area contributed by atoms with Gasteiger partial charge in [-0.2, -0.15) is 0 Å². The van der Waals surface area contributed by atoms with Crippen LogP contribution >= 0.6 is 0 Å². The van der Waals surface area contributed by atoms with Crippen LogP contribution in [0.2, 0.25) is 0 Å². The normalized spacial score (nSPS) is 11.5. The molecule has 0 rings (SSSR count). The van der Waals surface area contributed by atoms with Crippen LogP contribution in [0.5, 0.6) is 0 Å². The summed E-state index contributed by atoms with van der Waals surface area (Å²) in [6.45, 7) is 9.50. The van der Waals surface area contributed by atoms with Gasteiger partial charge in [-0.3, -0.25) is 4.79 Å². The van der Waals surface area contributed by atoms with Crippen molar-refractivity contribution in [3.8, 4) is 0 Å². The Hall–Kier alpha value is -1.26. The Balaban J connectivity index is 3.94. The van der Waals surface area contributed by atoms with E-state index >= 15 is 0 Å². The van der Waals surface area contributed by atoms with E-state index in [1.54, 1.807) is 11.9 Å². The van der Waals surface area contributed by atoms with E-state index in [0.29, 0.717) is 18.9 Å². The van der Waals surface area contributed by atoms with Gasteiger partial charge in [0.25, 0.3) is 0 Å². The Morgan fingerprint density at radius 1 is 1.26 bits per heavy atom. The number of nitrogens with zero attached hydrogens (tertiary/aromatic N) is 1. The molecule has 0 heterocycles. The number of aliphatic carboxylic acids is 1. The molecule has 0 unspecified atom stereocenters. The van der Waals surface area contributed by atoms with Crippen molar-refractivity contribution in [2.24, 2.45) is 11.3 Å². The molecule has 0 bridgehead atoms. The van der Waals surface area contributed by atoms with Crippen LogP contribution in [0.3, 0.4) is 0 Å². The fourth-order valence-electron chi connectivity index (χ4n) is 1.84. The van der Waals surface area contributed by atoms with E-state index in [0.717, 1.165) is 13.0 Å². The first-order chi connectivity index (χ1) is 8.64. The Bertz CT molecular complexity index is 301. The average Bonchev–Trinajstić information content (AvgIpc) is 2.25. The molecule has 0 radical (unpaired) electrons. The average molecular weight is 272 g/mol. The lowest BCUT2D eigenvalue weighted by Crippen LogP contribution is -2.40. The van der Waals surface area contributed by atoms with E-state index in [4.69, 9.17) is 5.11 Å². The highest BCUT2D eigenvalue weighted by molar-refractivity contribution is 5.73. The van der Waals surface area contributed by atoms with Crippen molar-refractivity contribution in [2.45, 2.75) is 47.0 Å². The van der Waals surface area contributed by atoms with Gasteiger partial charge in [0.15, 0.2) is 0 Å². The molecular weight excluding hydrogens is 244 g/mol. The van der Waals surface area contributed by atoms with Crippen LogP contribution in [0.1, 0.15) is 47.0 Å². The molecule has 112 valence electrons. The Morgan fingerprint density at radius 2 is 1.84 bits per heavy atom. The first-order valence-electron chi connectivity index (χ1n) is 6.85. The largest absolute Gasteiger partial charge is 0.481 e. The van der Waals surface area contributed by atoms with Gasteiger partial charge in [-0.25, -0.2) is 4.79 Å². The summed E-state index contributed by atoms with van der Waals surface area (Å²) in [6, 6.07) is -0.0669. The summed E-state index contributed by atoms with van der Waals surface area (Å²) >= 11 is 0.